The second-order valence-electron chi connectivity index (χ2n) is 6.11. The third kappa shape index (κ3) is 4.84. The molecule has 0 unspecified atom stereocenters. The van der Waals surface area contributed by atoms with E-state index in [2.05, 4.69) is 31.2 Å². The molecular formula is C20H24FN. The third-order valence-corrected chi connectivity index (χ3v) is 4.49. The molecule has 0 heterocycles. The first-order valence-corrected chi connectivity index (χ1v) is 8.25. The number of aryl methyl sites for hydroxylation is 1. The van der Waals surface area contributed by atoms with E-state index < -0.39 is 5.83 Å². The molecule has 2 heteroatoms. The molecule has 0 aliphatic heterocycles. The van der Waals surface area contributed by atoms with Crippen molar-refractivity contribution in [2.24, 2.45) is 5.92 Å². The number of nitrogens with zero attached hydrogens (tertiary/aromatic N) is 1. The smallest absolute Gasteiger partial charge is 0.195 e. The number of nitriles is 1. The summed E-state index contributed by atoms with van der Waals surface area (Å²) in [5.41, 5.74) is 2.88. The highest BCUT2D eigenvalue weighted by molar-refractivity contribution is 5.26. The Morgan fingerprint density at radius 1 is 1.23 bits per heavy atom. The van der Waals surface area contributed by atoms with Gasteiger partial charge in [-0.15, -0.1) is 0 Å². The van der Waals surface area contributed by atoms with Crippen LogP contribution in [0.5, 0.6) is 0 Å². The van der Waals surface area contributed by atoms with Crippen LogP contribution in [-0.4, -0.2) is 0 Å². The third-order valence-electron chi connectivity index (χ3n) is 4.49. The molecule has 22 heavy (non-hydrogen) atoms. The molecule has 116 valence electrons. The van der Waals surface area contributed by atoms with Gasteiger partial charge < -0.3 is 0 Å². The molecular weight excluding hydrogens is 273 g/mol. The zero-order valence-corrected chi connectivity index (χ0v) is 13.3. The summed E-state index contributed by atoms with van der Waals surface area (Å²) in [6.45, 7) is 2.21. The van der Waals surface area contributed by atoms with E-state index >= 15 is 0 Å². The van der Waals surface area contributed by atoms with Crippen molar-refractivity contribution in [2.75, 3.05) is 0 Å². The predicted molar refractivity (Wildman–Crippen MR) is 89.1 cm³/mol. The van der Waals surface area contributed by atoms with Crippen molar-refractivity contribution in [3.8, 4) is 6.07 Å². The standard InChI is InChI=1S/C20H24FN/c1-2-4-16-7-11-18(12-8-16)19-13-9-17(10-14-19)5-3-6-20(21)15-22/h3,5-8,11-12,17,19H,2,4,9-10,13-14H2,1H3/b5-3+,20-6-. The molecule has 1 nitrogen and oxygen atoms in total. The Morgan fingerprint density at radius 2 is 1.91 bits per heavy atom. The summed E-state index contributed by atoms with van der Waals surface area (Å²) in [7, 11) is 0. The molecule has 0 saturated heterocycles. The number of benzene rings is 1. The second kappa shape index (κ2) is 8.54. The van der Waals surface area contributed by atoms with Crippen molar-refractivity contribution in [2.45, 2.75) is 51.4 Å². The van der Waals surface area contributed by atoms with Gasteiger partial charge in [0.1, 0.15) is 6.07 Å². The Kier molecular flexibility index (Phi) is 6.40. The van der Waals surface area contributed by atoms with Crippen molar-refractivity contribution in [1.82, 2.24) is 0 Å². The van der Waals surface area contributed by atoms with Crippen LogP contribution in [0, 0.1) is 17.2 Å². The van der Waals surface area contributed by atoms with Gasteiger partial charge >= 0.3 is 0 Å². The lowest BCUT2D eigenvalue weighted by molar-refractivity contribution is 0.376. The fraction of sp³-hybridized carbons (Fsp3) is 0.450. The SMILES string of the molecule is CCCc1ccc(C2CCC(/C=C/C=C(\F)C#N)CC2)cc1. The van der Waals surface area contributed by atoms with Crippen molar-refractivity contribution < 1.29 is 4.39 Å². The van der Waals surface area contributed by atoms with Crippen LogP contribution in [0.2, 0.25) is 0 Å². The van der Waals surface area contributed by atoms with E-state index in [0.29, 0.717) is 11.8 Å². The van der Waals surface area contributed by atoms with Gasteiger partial charge in [-0.2, -0.15) is 9.65 Å². The molecule has 0 N–H and O–H groups in total. The Balaban J connectivity index is 1.85. The highest BCUT2D eigenvalue weighted by Gasteiger charge is 2.20. The topological polar surface area (TPSA) is 23.8 Å². The van der Waals surface area contributed by atoms with Crippen LogP contribution < -0.4 is 0 Å². The lowest BCUT2D eigenvalue weighted by atomic mass is 9.78. The maximum absolute atomic E-state index is 12.7. The first kappa shape index (κ1) is 16.5. The summed E-state index contributed by atoms with van der Waals surface area (Å²) >= 11 is 0. The summed E-state index contributed by atoms with van der Waals surface area (Å²) in [6, 6.07) is 10.6. The molecule has 2 rings (SSSR count). The molecule has 0 aromatic heterocycles. The fourth-order valence-corrected chi connectivity index (χ4v) is 3.22. The molecule has 0 amide bonds. The van der Waals surface area contributed by atoms with Crippen molar-refractivity contribution in [3.05, 3.63) is 59.4 Å². The van der Waals surface area contributed by atoms with Gasteiger partial charge in [-0.25, -0.2) is 0 Å². The van der Waals surface area contributed by atoms with E-state index in [9.17, 15) is 4.39 Å². The minimum Gasteiger partial charge on any atom is -0.195 e. The van der Waals surface area contributed by atoms with Crippen molar-refractivity contribution in [3.63, 3.8) is 0 Å². The number of rotatable bonds is 5. The van der Waals surface area contributed by atoms with Crippen LogP contribution in [0.3, 0.4) is 0 Å². The Bertz CT molecular complexity index is 554. The van der Waals surface area contributed by atoms with Crippen LogP contribution in [0.25, 0.3) is 0 Å². The number of hydrogen-bond donors (Lipinski definition) is 0. The summed E-state index contributed by atoms with van der Waals surface area (Å²) in [6.07, 6.45) is 12.0. The molecule has 0 atom stereocenters. The second-order valence-corrected chi connectivity index (χ2v) is 6.11. The van der Waals surface area contributed by atoms with Crippen molar-refractivity contribution in [1.29, 1.82) is 5.26 Å². The molecule has 0 spiro atoms. The van der Waals surface area contributed by atoms with Gasteiger partial charge in [0.25, 0.3) is 0 Å². The summed E-state index contributed by atoms with van der Waals surface area (Å²) < 4.78 is 12.7. The zero-order chi connectivity index (χ0) is 15.8. The monoisotopic (exact) mass is 297 g/mol. The molecule has 1 aromatic carbocycles. The molecule has 1 aliphatic carbocycles. The maximum atomic E-state index is 12.7. The van der Waals surface area contributed by atoms with Crippen LogP contribution >= 0.6 is 0 Å². The van der Waals surface area contributed by atoms with E-state index in [4.69, 9.17) is 5.26 Å². The van der Waals surface area contributed by atoms with Gasteiger partial charge in [-0.1, -0.05) is 49.8 Å². The first-order valence-electron chi connectivity index (χ1n) is 8.25. The number of halogens is 1. The van der Waals surface area contributed by atoms with E-state index in [1.54, 1.807) is 6.08 Å². The van der Waals surface area contributed by atoms with E-state index in [0.717, 1.165) is 19.3 Å². The van der Waals surface area contributed by atoms with Gasteiger partial charge in [-0.3, -0.25) is 0 Å². The lowest BCUT2D eigenvalue weighted by Gasteiger charge is -2.27. The number of hydrogen-bond acceptors (Lipinski definition) is 1. The first-order chi connectivity index (χ1) is 10.7. The molecule has 0 bridgehead atoms. The van der Waals surface area contributed by atoms with Gasteiger partial charge in [0.2, 0.25) is 0 Å². The molecule has 1 aromatic rings. The minimum atomic E-state index is -0.725. The van der Waals surface area contributed by atoms with Gasteiger partial charge in [0.05, 0.1) is 0 Å². The lowest BCUT2D eigenvalue weighted by Crippen LogP contribution is -2.11. The summed E-state index contributed by atoms with van der Waals surface area (Å²) in [4.78, 5) is 0. The Morgan fingerprint density at radius 3 is 2.50 bits per heavy atom. The molecule has 1 saturated carbocycles. The summed E-state index contributed by atoms with van der Waals surface area (Å²) in [5, 5.41) is 8.36. The van der Waals surface area contributed by atoms with E-state index in [1.165, 1.54) is 42.5 Å². The molecule has 1 fully saturated rings. The summed E-state index contributed by atoms with van der Waals surface area (Å²) in [5.74, 6) is 0.446. The van der Waals surface area contributed by atoms with Gasteiger partial charge in [0, 0.05) is 0 Å². The Hall–Kier alpha value is -1.88. The van der Waals surface area contributed by atoms with Crippen LogP contribution in [0.4, 0.5) is 4.39 Å². The maximum Gasteiger partial charge on any atom is 0.199 e. The van der Waals surface area contributed by atoms with Gasteiger partial charge in [0.15, 0.2) is 5.83 Å². The fourth-order valence-electron chi connectivity index (χ4n) is 3.22. The van der Waals surface area contributed by atoms with Crippen LogP contribution in [0.15, 0.2) is 48.3 Å². The quantitative estimate of drug-likeness (QED) is 0.494. The van der Waals surface area contributed by atoms with Gasteiger partial charge in [-0.05, 0) is 61.1 Å². The minimum absolute atomic E-state index is 0.512. The Labute approximate surface area is 133 Å². The van der Waals surface area contributed by atoms with E-state index in [1.807, 2.05) is 6.08 Å². The predicted octanol–water partition coefficient (Wildman–Crippen LogP) is 5.85. The average molecular weight is 297 g/mol. The highest BCUT2D eigenvalue weighted by Crippen LogP contribution is 2.36. The molecule has 0 radical (unpaired) electrons. The molecule has 1 aliphatic rings. The zero-order valence-electron chi connectivity index (χ0n) is 13.3. The number of allylic oxidation sites excluding steroid dienone is 4. The highest BCUT2D eigenvalue weighted by atomic mass is 19.1. The van der Waals surface area contributed by atoms with Crippen LogP contribution in [-0.2, 0) is 6.42 Å². The van der Waals surface area contributed by atoms with E-state index in [-0.39, 0.29) is 0 Å². The van der Waals surface area contributed by atoms with Crippen LogP contribution in [0.1, 0.15) is 56.1 Å². The van der Waals surface area contributed by atoms with Crippen molar-refractivity contribution >= 4 is 0 Å². The normalized spacial score (nSPS) is 22.7. The average Bonchev–Trinajstić information content (AvgIpc) is 2.56. The largest absolute Gasteiger partial charge is 0.199 e.